The molecule has 14 heteroatoms. The van der Waals surface area contributed by atoms with E-state index in [1.54, 1.807) is 6.20 Å². The van der Waals surface area contributed by atoms with Crippen LogP contribution in [0.25, 0.3) is 22.2 Å². The van der Waals surface area contributed by atoms with E-state index >= 15 is 0 Å². The molecule has 5 atom stereocenters. The number of phosphoric ester groups is 1. The molecule has 0 radical (unpaired) electrons. The average molecular weight is 450 g/mol. The molecule has 0 spiro atoms. The fourth-order valence-electron chi connectivity index (χ4n) is 3.20. The van der Waals surface area contributed by atoms with Gasteiger partial charge in [-0.3, -0.25) is 4.57 Å². The first-order valence-corrected chi connectivity index (χ1v) is 10.5. The normalized spacial score (nSPS) is 26.3. The van der Waals surface area contributed by atoms with Crippen molar-refractivity contribution in [2.24, 2.45) is 0 Å². The summed E-state index contributed by atoms with van der Waals surface area (Å²) in [6.45, 7) is -0.653. The van der Waals surface area contributed by atoms with Crippen LogP contribution in [0.4, 0.5) is 5.82 Å². The molecule has 0 amide bonds. The van der Waals surface area contributed by atoms with Gasteiger partial charge in [0.15, 0.2) is 6.23 Å². The summed E-state index contributed by atoms with van der Waals surface area (Å²) in [5.41, 5.74) is 8.00. The molecule has 1 aliphatic heterocycles. The number of hydrogen-bond donors (Lipinski definition) is 4. The number of hydrogen-bond acceptors (Lipinski definition) is 10. The summed E-state index contributed by atoms with van der Waals surface area (Å²) < 4.78 is 22.2. The molecule has 4 rings (SSSR count). The number of nitrogens with two attached hydrogens (primary N) is 1. The van der Waals surface area contributed by atoms with Gasteiger partial charge in [0, 0.05) is 11.8 Å². The fraction of sp³-hybridized carbons (Fsp3) is 0.333. The minimum atomic E-state index is -5.00. The van der Waals surface area contributed by atoms with Gasteiger partial charge in [-0.05, 0) is 22.4 Å². The summed E-state index contributed by atoms with van der Waals surface area (Å²) in [5.74, 6) is 0.241. The van der Waals surface area contributed by atoms with E-state index in [0.717, 1.165) is 11.1 Å². The topological polar surface area (TPSA) is 176 Å². The molecule has 0 aromatic carbocycles. The van der Waals surface area contributed by atoms with Crippen LogP contribution in [-0.4, -0.2) is 54.6 Å². The van der Waals surface area contributed by atoms with E-state index in [1.807, 2.05) is 16.8 Å². The Kier molecular flexibility index (Phi) is 6.83. The third kappa shape index (κ3) is 4.43. The van der Waals surface area contributed by atoms with Crippen LogP contribution in [0.2, 0.25) is 0 Å². The molecule has 1 fully saturated rings. The number of phosphoric acid groups is 1. The van der Waals surface area contributed by atoms with Crippen LogP contribution >= 0.6 is 19.2 Å². The Bertz CT molecular complexity index is 1040. The van der Waals surface area contributed by atoms with Crippen molar-refractivity contribution in [1.29, 1.82) is 0 Å². The van der Waals surface area contributed by atoms with E-state index in [2.05, 4.69) is 14.5 Å². The Morgan fingerprint density at radius 2 is 2.14 bits per heavy atom. The first-order valence-electron chi connectivity index (χ1n) is 8.10. The number of fused-ring (bicyclic) bond motifs is 1. The minimum absolute atomic E-state index is 0. The molecule has 11 nitrogen and oxygen atoms in total. The fourth-order valence-corrected chi connectivity index (χ4v) is 4.19. The minimum Gasteiger partial charge on any atom is -0.756 e. The van der Waals surface area contributed by atoms with Crippen molar-refractivity contribution in [2.75, 3.05) is 12.3 Å². The van der Waals surface area contributed by atoms with E-state index < -0.39 is 39.0 Å². The molecule has 5 N–H and O–H groups in total. The van der Waals surface area contributed by atoms with Gasteiger partial charge in [0.05, 0.1) is 12.0 Å². The molecule has 3 aromatic rings. The van der Waals surface area contributed by atoms with Crippen LogP contribution in [0.3, 0.4) is 0 Å². The summed E-state index contributed by atoms with van der Waals surface area (Å²) in [6.07, 6.45) is -2.18. The Balaban J connectivity index is 0.00000240. The third-order valence-electron chi connectivity index (χ3n) is 4.48. The Hall–Kier alpha value is -0.890. The van der Waals surface area contributed by atoms with Gasteiger partial charge in [-0.1, -0.05) is 0 Å². The zero-order valence-corrected chi connectivity index (χ0v) is 18.9. The van der Waals surface area contributed by atoms with E-state index in [-0.39, 0.29) is 35.4 Å². The molecule has 1 saturated heterocycles. The zero-order valence-electron chi connectivity index (χ0n) is 15.2. The second-order valence-electron chi connectivity index (χ2n) is 6.23. The second kappa shape index (κ2) is 8.69. The van der Waals surface area contributed by atoms with Crippen LogP contribution in [0, 0.1) is 0 Å². The third-order valence-corrected chi connectivity index (χ3v) is 5.64. The number of nitrogen functional groups attached to an aromatic ring is 1. The van der Waals surface area contributed by atoms with Crippen molar-refractivity contribution in [3.05, 3.63) is 29.4 Å². The van der Waals surface area contributed by atoms with Gasteiger partial charge in [-0.15, -0.1) is 0 Å². The van der Waals surface area contributed by atoms with Crippen molar-refractivity contribution >= 4 is 36.0 Å². The van der Waals surface area contributed by atoms with Crippen molar-refractivity contribution in [3.63, 3.8) is 0 Å². The molecule has 0 saturated carbocycles. The maximum Gasteiger partial charge on any atom is 1.00 e. The maximum absolute atomic E-state index is 10.8. The zero-order chi connectivity index (χ0) is 20.1. The van der Waals surface area contributed by atoms with E-state index in [0.29, 0.717) is 11.0 Å². The Labute approximate surface area is 190 Å². The van der Waals surface area contributed by atoms with Crippen LogP contribution in [0.1, 0.15) is 6.23 Å². The number of anilines is 1. The van der Waals surface area contributed by atoms with Gasteiger partial charge in [-0.2, -0.15) is 11.3 Å². The summed E-state index contributed by atoms with van der Waals surface area (Å²) in [5, 5.41) is 25.0. The van der Waals surface area contributed by atoms with Crippen LogP contribution < -0.4 is 40.2 Å². The summed E-state index contributed by atoms with van der Waals surface area (Å²) in [6, 6.07) is 1.89. The van der Waals surface area contributed by atoms with E-state index in [9.17, 15) is 19.7 Å². The number of ether oxygens (including phenoxy) is 1. The Morgan fingerprint density at radius 1 is 1.38 bits per heavy atom. The first kappa shape index (κ1) is 22.8. The quantitative estimate of drug-likeness (QED) is 0.229. The predicted octanol–water partition coefficient (Wildman–Crippen LogP) is -3.16. The number of thiophene rings is 1. The number of aliphatic hydroxyl groups excluding tert-OH is 2. The molecule has 29 heavy (non-hydrogen) atoms. The van der Waals surface area contributed by atoms with Crippen LogP contribution in [-0.2, 0) is 13.8 Å². The standard InChI is InChI=1S/C15H17N4O7PS.Na/c16-13-10-8(7-1-2-28-5-7)3-19(14(10)18-6-17-13)15-12(21)11(20)9(26-15)4-25-27(22,23)24;/h1-3,5-6,9,11-12,15,20-21H,4H2,(H2,16,17,18)(H2,22,23,24);/q;+1/p-1/t9-,11?,12+,15-;/m1./s1. The second-order valence-corrected chi connectivity index (χ2v) is 8.21. The maximum atomic E-state index is 10.8. The monoisotopic (exact) mass is 450 g/mol. The van der Waals surface area contributed by atoms with E-state index in [1.165, 1.54) is 22.2 Å². The summed E-state index contributed by atoms with van der Waals surface area (Å²) in [4.78, 5) is 27.8. The summed E-state index contributed by atoms with van der Waals surface area (Å²) >= 11 is 1.49. The Morgan fingerprint density at radius 3 is 2.79 bits per heavy atom. The van der Waals surface area contributed by atoms with E-state index in [4.69, 9.17) is 15.4 Å². The van der Waals surface area contributed by atoms with Gasteiger partial charge in [0.2, 0.25) is 0 Å². The molecule has 0 aliphatic carbocycles. The average Bonchev–Trinajstić information content (AvgIpc) is 3.33. The smallest absolute Gasteiger partial charge is 0.756 e. The number of aliphatic hydroxyl groups is 2. The summed E-state index contributed by atoms with van der Waals surface area (Å²) in [7, 11) is -5.00. The van der Waals surface area contributed by atoms with Crippen molar-refractivity contribution in [1.82, 2.24) is 14.5 Å². The molecular weight excluding hydrogens is 434 g/mol. The van der Waals surface area contributed by atoms with Gasteiger partial charge in [-0.25, -0.2) is 9.97 Å². The number of nitrogens with zero attached hydrogens (tertiary/aromatic N) is 3. The SMILES string of the molecule is Nc1ncnc2c1c(-c1ccsc1)cn2[C@@H]1O[C@H](COP(=O)([O-])O)C(O)[C@@H]1O.[Na+]. The number of aromatic nitrogens is 3. The largest absolute Gasteiger partial charge is 1.00 e. The number of rotatable bonds is 5. The van der Waals surface area contributed by atoms with Crippen LogP contribution in [0.5, 0.6) is 0 Å². The molecule has 3 aromatic heterocycles. The molecule has 150 valence electrons. The van der Waals surface area contributed by atoms with Gasteiger partial charge < -0.3 is 39.6 Å². The van der Waals surface area contributed by atoms with Crippen molar-refractivity contribution in [2.45, 2.75) is 24.5 Å². The predicted molar refractivity (Wildman–Crippen MR) is 97.0 cm³/mol. The molecule has 0 bridgehead atoms. The molecule has 4 heterocycles. The molecular formula is C15H16N4NaO7PS. The van der Waals surface area contributed by atoms with Gasteiger partial charge in [0.25, 0.3) is 7.82 Å². The molecule has 2 unspecified atom stereocenters. The van der Waals surface area contributed by atoms with Gasteiger partial charge in [0.1, 0.15) is 36.1 Å². The van der Waals surface area contributed by atoms with Gasteiger partial charge >= 0.3 is 29.6 Å². The van der Waals surface area contributed by atoms with Crippen molar-refractivity contribution in [3.8, 4) is 11.1 Å². The van der Waals surface area contributed by atoms with Crippen molar-refractivity contribution < 1.29 is 63.4 Å². The first-order chi connectivity index (χ1) is 13.3. The molecule has 1 aliphatic rings. The van der Waals surface area contributed by atoms with Crippen LogP contribution in [0.15, 0.2) is 29.4 Å².